The van der Waals surface area contributed by atoms with Crippen LogP contribution >= 0.6 is 0 Å². The van der Waals surface area contributed by atoms with E-state index in [4.69, 9.17) is 5.73 Å². The molecule has 3 aromatic heterocycles. The van der Waals surface area contributed by atoms with Crippen molar-refractivity contribution in [3.05, 3.63) is 42.4 Å². The van der Waals surface area contributed by atoms with Crippen molar-refractivity contribution in [2.45, 2.75) is 19.3 Å². The Labute approximate surface area is 179 Å². The molecule has 4 N–H and O–H groups in total. The van der Waals surface area contributed by atoms with Gasteiger partial charge in [-0.25, -0.2) is 19.9 Å². The summed E-state index contributed by atoms with van der Waals surface area (Å²) in [6.45, 7) is 2.13. The standard InChI is InChI=1S/C22H24N8O/c1-24-21-17-12-26-19(29-22(31)13-3-4-13)9-15(17)16(11-27-21)20(23)28-18-6-5-14(10-25-18)30-7-2-8-30/h5-6,9-13H,2-4,7-8H2,1H3,(H,24,27)(H2,23,25,28)(H,26,29,31). The molecule has 1 saturated heterocycles. The van der Waals surface area contributed by atoms with Crippen LogP contribution < -0.4 is 21.3 Å². The number of aromatic nitrogens is 3. The third kappa shape index (κ3) is 3.86. The van der Waals surface area contributed by atoms with Crippen LogP contribution in [0.1, 0.15) is 24.8 Å². The quantitative estimate of drug-likeness (QED) is 0.417. The Kier molecular flexibility index (Phi) is 4.85. The summed E-state index contributed by atoms with van der Waals surface area (Å²) in [6.07, 6.45) is 8.26. The van der Waals surface area contributed by atoms with Crippen LogP contribution in [0.4, 0.5) is 23.1 Å². The first kappa shape index (κ1) is 19.2. The monoisotopic (exact) mass is 416 g/mol. The van der Waals surface area contributed by atoms with Crippen LogP contribution in [0.15, 0.2) is 41.8 Å². The van der Waals surface area contributed by atoms with E-state index in [1.54, 1.807) is 19.4 Å². The molecule has 0 radical (unpaired) electrons. The van der Waals surface area contributed by atoms with Gasteiger partial charge in [0.25, 0.3) is 0 Å². The summed E-state index contributed by atoms with van der Waals surface area (Å²) in [5.74, 6) is 2.10. The molecule has 4 heterocycles. The Balaban J connectivity index is 1.49. The van der Waals surface area contributed by atoms with Gasteiger partial charge in [-0.3, -0.25) is 4.79 Å². The number of carbonyl (C=O) groups excluding carboxylic acids is 1. The molecule has 1 saturated carbocycles. The fraction of sp³-hybridized carbons (Fsp3) is 0.318. The highest BCUT2D eigenvalue weighted by atomic mass is 16.2. The van der Waals surface area contributed by atoms with Crippen molar-refractivity contribution in [2.24, 2.45) is 16.6 Å². The van der Waals surface area contributed by atoms with Gasteiger partial charge in [-0.1, -0.05) is 0 Å². The second-order valence-corrected chi connectivity index (χ2v) is 7.86. The molecule has 3 aromatic rings. The number of amidine groups is 1. The number of anilines is 3. The van der Waals surface area contributed by atoms with Gasteiger partial charge in [0.2, 0.25) is 5.91 Å². The largest absolute Gasteiger partial charge is 0.383 e. The predicted molar refractivity (Wildman–Crippen MR) is 122 cm³/mol. The molecule has 2 aliphatic rings. The molecule has 1 aliphatic heterocycles. The van der Waals surface area contributed by atoms with Gasteiger partial charge in [0.15, 0.2) is 5.82 Å². The molecule has 9 heteroatoms. The summed E-state index contributed by atoms with van der Waals surface area (Å²) in [5.41, 5.74) is 8.11. The second-order valence-electron chi connectivity index (χ2n) is 7.86. The van der Waals surface area contributed by atoms with E-state index in [-0.39, 0.29) is 11.8 Å². The van der Waals surface area contributed by atoms with Gasteiger partial charge in [0.05, 0.1) is 11.9 Å². The zero-order valence-electron chi connectivity index (χ0n) is 17.3. The maximum Gasteiger partial charge on any atom is 0.228 e. The van der Waals surface area contributed by atoms with Crippen molar-refractivity contribution >= 4 is 45.7 Å². The topological polar surface area (TPSA) is 121 Å². The van der Waals surface area contributed by atoms with E-state index >= 15 is 0 Å². The van der Waals surface area contributed by atoms with Crippen molar-refractivity contribution in [3.8, 4) is 0 Å². The minimum Gasteiger partial charge on any atom is -0.383 e. The lowest BCUT2D eigenvalue weighted by Gasteiger charge is -2.32. The Morgan fingerprint density at radius 3 is 2.61 bits per heavy atom. The van der Waals surface area contributed by atoms with Gasteiger partial charge in [-0.05, 0) is 37.5 Å². The first-order valence-electron chi connectivity index (χ1n) is 10.5. The first-order chi connectivity index (χ1) is 15.1. The maximum absolute atomic E-state index is 12.2. The average Bonchev–Trinajstić information content (AvgIpc) is 3.58. The van der Waals surface area contributed by atoms with E-state index in [1.165, 1.54) is 6.42 Å². The summed E-state index contributed by atoms with van der Waals surface area (Å²) >= 11 is 0. The van der Waals surface area contributed by atoms with Gasteiger partial charge in [-0.15, -0.1) is 0 Å². The Bertz CT molecular complexity index is 1170. The highest BCUT2D eigenvalue weighted by Gasteiger charge is 2.29. The molecule has 0 bridgehead atoms. The lowest BCUT2D eigenvalue weighted by molar-refractivity contribution is -0.117. The van der Waals surface area contributed by atoms with Crippen molar-refractivity contribution in [3.63, 3.8) is 0 Å². The molecule has 31 heavy (non-hydrogen) atoms. The van der Waals surface area contributed by atoms with Crippen molar-refractivity contribution in [1.29, 1.82) is 0 Å². The number of pyridine rings is 3. The van der Waals surface area contributed by atoms with Gasteiger partial charge in [-0.2, -0.15) is 0 Å². The number of amides is 1. The fourth-order valence-electron chi connectivity index (χ4n) is 3.57. The summed E-state index contributed by atoms with van der Waals surface area (Å²) in [5, 5.41) is 7.55. The zero-order valence-corrected chi connectivity index (χ0v) is 17.3. The summed E-state index contributed by atoms with van der Waals surface area (Å²) in [4.78, 5) is 32.2. The molecular formula is C22H24N8O. The highest BCUT2D eigenvalue weighted by Crippen LogP contribution is 2.31. The number of rotatable bonds is 6. The molecule has 1 aliphatic carbocycles. The fourth-order valence-corrected chi connectivity index (χ4v) is 3.57. The minimum absolute atomic E-state index is 0.00410. The highest BCUT2D eigenvalue weighted by molar-refractivity contribution is 6.12. The van der Waals surface area contributed by atoms with E-state index in [1.807, 2.05) is 24.4 Å². The van der Waals surface area contributed by atoms with Gasteiger partial charge >= 0.3 is 0 Å². The van der Waals surface area contributed by atoms with E-state index in [9.17, 15) is 4.79 Å². The van der Waals surface area contributed by atoms with Crippen LogP contribution in [0.2, 0.25) is 0 Å². The molecule has 5 rings (SSSR count). The molecule has 158 valence electrons. The SMILES string of the molecule is CNc1ncc(C(N)=Nc2ccc(N3CCC3)cn2)c2cc(NC(=O)C3CC3)ncc12. The number of nitrogens with zero attached hydrogens (tertiary/aromatic N) is 5. The number of nitrogens with two attached hydrogens (primary N) is 1. The van der Waals surface area contributed by atoms with Crippen LogP contribution in [-0.4, -0.2) is 46.8 Å². The Hall–Kier alpha value is -3.75. The van der Waals surface area contributed by atoms with Crippen molar-refractivity contribution in [2.75, 3.05) is 35.7 Å². The molecule has 0 spiro atoms. The summed E-state index contributed by atoms with van der Waals surface area (Å²) in [6, 6.07) is 5.69. The Morgan fingerprint density at radius 2 is 1.97 bits per heavy atom. The number of nitrogens with one attached hydrogen (secondary N) is 2. The van der Waals surface area contributed by atoms with Gasteiger partial charge < -0.3 is 21.3 Å². The third-order valence-electron chi connectivity index (χ3n) is 5.67. The predicted octanol–water partition coefficient (Wildman–Crippen LogP) is 2.66. The lowest BCUT2D eigenvalue weighted by Crippen LogP contribution is -2.36. The lowest BCUT2D eigenvalue weighted by atomic mass is 10.1. The molecular weight excluding hydrogens is 392 g/mol. The number of hydrogen-bond donors (Lipinski definition) is 3. The Morgan fingerprint density at radius 1 is 1.13 bits per heavy atom. The average molecular weight is 416 g/mol. The van der Waals surface area contributed by atoms with E-state index in [2.05, 4.69) is 35.5 Å². The van der Waals surface area contributed by atoms with Crippen LogP contribution in [0.25, 0.3) is 10.8 Å². The van der Waals surface area contributed by atoms with Gasteiger partial charge in [0, 0.05) is 54.8 Å². The molecule has 0 aromatic carbocycles. The number of fused-ring (bicyclic) bond motifs is 1. The van der Waals surface area contributed by atoms with Crippen LogP contribution in [0.3, 0.4) is 0 Å². The number of aliphatic imine (C=N–C) groups is 1. The van der Waals surface area contributed by atoms with Crippen LogP contribution in [0, 0.1) is 5.92 Å². The van der Waals surface area contributed by atoms with Crippen molar-refractivity contribution < 1.29 is 4.79 Å². The maximum atomic E-state index is 12.2. The summed E-state index contributed by atoms with van der Waals surface area (Å²) < 4.78 is 0. The molecule has 9 nitrogen and oxygen atoms in total. The second kappa shape index (κ2) is 7.82. The number of hydrogen-bond acceptors (Lipinski definition) is 7. The summed E-state index contributed by atoms with van der Waals surface area (Å²) in [7, 11) is 1.80. The third-order valence-corrected chi connectivity index (χ3v) is 5.67. The number of carbonyl (C=O) groups is 1. The van der Waals surface area contributed by atoms with Gasteiger partial charge in [0.1, 0.15) is 17.5 Å². The molecule has 1 amide bonds. The normalized spacial score (nSPS) is 16.2. The zero-order chi connectivity index (χ0) is 21.4. The smallest absolute Gasteiger partial charge is 0.228 e. The molecule has 2 fully saturated rings. The van der Waals surface area contributed by atoms with Crippen LogP contribution in [0.5, 0.6) is 0 Å². The van der Waals surface area contributed by atoms with E-state index < -0.39 is 0 Å². The van der Waals surface area contributed by atoms with Crippen molar-refractivity contribution in [1.82, 2.24) is 15.0 Å². The first-order valence-corrected chi connectivity index (χ1v) is 10.5. The molecule has 0 atom stereocenters. The van der Waals surface area contributed by atoms with E-state index in [0.717, 1.165) is 42.4 Å². The molecule has 0 unspecified atom stereocenters. The van der Waals surface area contributed by atoms with E-state index in [0.29, 0.717) is 28.9 Å². The minimum atomic E-state index is 0.00410. The van der Waals surface area contributed by atoms with Crippen LogP contribution in [-0.2, 0) is 4.79 Å².